The molecule has 0 fully saturated rings. The van der Waals surface area contributed by atoms with Gasteiger partial charge < -0.3 is 9.26 Å². The van der Waals surface area contributed by atoms with Crippen LogP contribution in [-0.4, -0.2) is 23.2 Å². The van der Waals surface area contributed by atoms with Gasteiger partial charge in [0, 0.05) is 10.9 Å². The van der Waals surface area contributed by atoms with Crippen LogP contribution in [0.4, 0.5) is 0 Å². The van der Waals surface area contributed by atoms with Crippen molar-refractivity contribution in [2.24, 2.45) is 0 Å². The number of aryl methyl sites for hydroxylation is 1. The molecule has 0 aliphatic heterocycles. The van der Waals surface area contributed by atoms with Gasteiger partial charge in [-0.25, -0.2) is 0 Å². The van der Waals surface area contributed by atoms with Gasteiger partial charge in [-0.1, -0.05) is 5.16 Å². The summed E-state index contributed by atoms with van der Waals surface area (Å²) < 4.78 is 9.47. The molecular weight excluding hydrogens is 228 g/mol. The molecule has 6 heteroatoms. The zero-order valence-corrected chi connectivity index (χ0v) is 9.71. The largest absolute Gasteiger partial charge is 0.469 e. The molecule has 0 saturated heterocycles. The van der Waals surface area contributed by atoms with Crippen molar-refractivity contribution in [2.45, 2.75) is 13.3 Å². The molecule has 2 aromatic rings. The van der Waals surface area contributed by atoms with Crippen molar-refractivity contribution in [1.29, 1.82) is 0 Å². The maximum Gasteiger partial charge on any atom is 0.315 e. The molecule has 2 aromatic heterocycles. The molecule has 16 heavy (non-hydrogen) atoms. The summed E-state index contributed by atoms with van der Waals surface area (Å²) in [5.41, 5.74) is 2.03. The number of nitrogens with zero attached hydrogens (tertiary/aromatic N) is 2. The molecule has 0 aromatic carbocycles. The van der Waals surface area contributed by atoms with Crippen molar-refractivity contribution < 1.29 is 14.1 Å². The van der Waals surface area contributed by atoms with Crippen LogP contribution in [0.15, 0.2) is 15.3 Å². The zero-order valence-electron chi connectivity index (χ0n) is 8.89. The van der Waals surface area contributed by atoms with Crippen LogP contribution in [0.25, 0.3) is 11.4 Å². The van der Waals surface area contributed by atoms with Crippen molar-refractivity contribution >= 4 is 17.3 Å². The van der Waals surface area contributed by atoms with Crippen LogP contribution in [-0.2, 0) is 16.0 Å². The van der Waals surface area contributed by atoms with Gasteiger partial charge >= 0.3 is 5.97 Å². The Balaban J connectivity index is 2.20. The fourth-order valence-corrected chi connectivity index (χ4v) is 2.05. The molecular formula is C10H10N2O3S. The van der Waals surface area contributed by atoms with Crippen LogP contribution in [0, 0.1) is 6.92 Å². The predicted molar refractivity (Wildman–Crippen MR) is 58.1 cm³/mol. The molecule has 0 N–H and O–H groups in total. The molecule has 84 valence electrons. The first-order valence-electron chi connectivity index (χ1n) is 4.63. The molecule has 2 heterocycles. The summed E-state index contributed by atoms with van der Waals surface area (Å²) >= 11 is 1.58. The smallest absolute Gasteiger partial charge is 0.315 e. The average Bonchev–Trinajstić information content (AvgIpc) is 2.86. The first kappa shape index (κ1) is 10.8. The predicted octanol–water partition coefficient (Wildman–Crippen LogP) is 1.82. The molecule has 0 spiro atoms. The molecule has 0 amide bonds. The van der Waals surface area contributed by atoms with Crippen molar-refractivity contribution in [2.75, 3.05) is 7.11 Å². The first-order chi connectivity index (χ1) is 7.70. The van der Waals surface area contributed by atoms with E-state index in [1.54, 1.807) is 11.3 Å². The van der Waals surface area contributed by atoms with Gasteiger partial charge in [0.2, 0.25) is 11.7 Å². The average molecular weight is 238 g/mol. The zero-order chi connectivity index (χ0) is 11.5. The first-order valence-corrected chi connectivity index (χ1v) is 5.57. The molecule has 0 radical (unpaired) electrons. The number of rotatable bonds is 3. The highest BCUT2D eigenvalue weighted by atomic mass is 32.1. The summed E-state index contributed by atoms with van der Waals surface area (Å²) in [6.07, 6.45) is 0.00663. The van der Waals surface area contributed by atoms with Gasteiger partial charge in [0.1, 0.15) is 6.42 Å². The van der Waals surface area contributed by atoms with Crippen LogP contribution in [0.3, 0.4) is 0 Å². The number of thiophene rings is 1. The number of ether oxygens (including phenoxy) is 1. The molecule has 0 aliphatic carbocycles. The summed E-state index contributed by atoms with van der Waals surface area (Å²) in [4.78, 5) is 15.1. The van der Waals surface area contributed by atoms with Crippen molar-refractivity contribution in [3.8, 4) is 11.4 Å². The maximum atomic E-state index is 11.0. The highest BCUT2D eigenvalue weighted by molar-refractivity contribution is 7.08. The number of esters is 1. The van der Waals surface area contributed by atoms with E-state index < -0.39 is 5.97 Å². The minimum absolute atomic E-state index is 0.00663. The lowest BCUT2D eigenvalue weighted by atomic mass is 10.2. The van der Waals surface area contributed by atoms with Gasteiger partial charge in [0.15, 0.2) is 0 Å². The Morgan fingerprint density at radius 2 is 2.38 bits per heavy atom. The number of carbonyl (C=O) groups is 1. The highest BCUT2D eigenvalue weighted by Gasteiger charge is 2.14. The normalized spacial score (nSPS) is 10.4. The van der Waals surface area contributed by atoms with E-state index in [1.165, 1.54) is 7.11 Å². The van der Waals surface area contributed by atoms with E-state index in [2.05, 4.69) is 14.9 Å². The van der Waals surface area contributed by atoms with E-state index >= 15 is 0 Å². The van der Waals surface area contributed by atoms with Gasteiger partial charge in [0.05, 0.1) is 7.11 Å². The van der Waals surface area contributed by atoms with Crippen LogP contribution in [0.5, 0.6) is 0 Å². The molecule has 2 rings (SSSR count). The summed E-state index contributed by atoms with van der Waals surface area (Å²) in [6, 6.07) is 0. The van der Waals surface area contributed by atoms with E-state index in [1.807, 2.05) is 17.7 Å². The molecule has 0 atom stereocenters. The lowest BCUT2D eigenvalue weighted by Crippen LogP contribution is -2.04. The molecule has 5 nitrogen and oxygen atoms in total. The lowest BCUT2D eigenvalue weighted by molar-refractivity contribution is -0.140. The van der Waals surface area contributed by atoms with Gasteiger partial charge in [-0.2, -0.15) is 16.3 Å². The molecule has 0 unspecified atom stereocenters. The Hall–Kier alpha value is -1.69. The fraction of sp³-hybridized carbons (Fsp3) is 0.300. The molecule has 0 bridgehead atoms. The standard InChI is InChI=1S/C10H10N2O3S/c1-6-4-16-5-7(6)10-11-8(15-12-10)3-9(13)14-2/h4-5H,3H2,1-2H3. The second-order valence-electron chi connectivity index (χ2n) is 3.23. The van der Waals surface area contributed by atoms with Crippen molar-refractivity contribution in [1.82, 2.24) is 10.1 Å². The SMILES string of the molecule is COC(=O)Cc1nc(-c2cscc2C)no1. The molecule has 0 saturated carbocycles. The Kier molecular flexibility index (Phi) is 3.00. The Bertz CT molecular complexity index is 504. The molecule has 0 aliphatic rings. The second kappa shape index (κ2) is 4.44. The van der Waals surface area contributed by atoms with Gasteiger partial charge in [-0.05, 0) is 17.9 Å². The van der Waals surface area contributed by atoms with Gasteiger partial charge in [0.25, 0.3) is 0 Å². The Morgan fingerprint density at radius 1 is 1.56 bits per heavy atom. The van der Waals surface area contributed by atoms with E-state index in [-0.39, 0.29) is 12.3 Å². The number of hydrogen-bond acceptors (Lipinski definition) is 6. The fourth-order valence-electron chi connectivity index (χ4n) is 1.22. The Labute approximate surface area is 96.0 Å². The quantitative estimate of drug-likeness (QED) is 0.763. The van der Waals surface area contributed by atoms with E-state index in [9.17, 15) is 4.79 Å². The summed E-state index contributed by atoms with van der Waals surface area (Å²) in [5.74, 6) is 0.391. The van der Waals surface area contributed by atoms with E-state index in [0.717, 1.165) is 11.1 Å². The van der Waals surface area contributed by atoms with E-state index in [0.29, 0.717) is 5.82 Å². The lowest BCUT2D eigenvalue weighted by Gasteiger charge is -1.91. The van der Waals surface area contributed by atoms with Crippen molar-refractivity contribution in [3.63, 3.8) is 0 Å². The third-order valence-corrected chi connectivity index (χ3v) is 2.95. The summed E-state index contributed by atoms with van der Waals surface area (Å²) in [7, 11) is 1.32. The third-order valence-electron chi connectivity index (χ3n) is 2.09. The Morgan fingerprint density at radius 3 is 3.00 bits per heavy atom. The number of methoxy groups -OCH3 is 1. The minimum atomic E-state index is -0.391. The second-order valence-corrected chi connectivity index (χ2v) is 3.98. The van der Waals surface area contributed by atoms with Crippen LogP contribution in [0.2, 0.25) is 0 Å². The maximum absolute atomic E-state index is 11.0. The topological polar surface area (TPSA) is 65.2 Å². The van der Waals surface area contributed by atoms with E-state index in [4.69, 9.17) is 4.52 Å². The van der Waals surface area contributed by atoms with Crippen LogP contribution in [0.1, 0.15) is 11.5 Å². The summed E-state index contributed by atoms with van der Waals surface area (Å²) in [6.45, 7) is 1.97. The number of aromatic nitrogens is 2. The third kappa shape index (κ3) is 2.11. The van der Waals surface area contributed by atoms with Crippen LogP contribution >= 0.6 is 11.3 Å². The number of hydrogen-bond donors (Lipinski definition) is 0. The highest BCUT2D eigenvalue weighted by Crippen LogP contribution is 2.24. The summed E-state index contributed by atoms with van der Waals surface area (Å²) in [5, 5.41) is 7.77. The number of carbonyl (C=O) groups excluding carboxylic acids is 1. The monoisotopic (exact) mass is 238 g/mol. The van der Waals surface area contributed by atoms with Gasteiger partial charge in [-0.3, -0.25) is 4.79 Å². The van der Waals surface area contributed by atoms with Crippen molar-refractivity contribution in [3.05, 3.63) is 22.2 Å². The van der Waals surface area contributed by atoms with Crippen LogP contribution < -0.4 is 0 Å². The minimum Gasteiger partial charge on any atom is -0.469 e. The van der Waals surface area contributed by atoms with Gasteiger partial charge in [-0.15, -0.1) is 0 Å².